The molecule has 0 aliphatic carbocycles. The van der Waals surface area contributed by atoms with Crippen LogP contribution in [0.15, 0.2) is 12.7 Å². The van der Waals surface area contributed by atoms with Crippen molar-refractivity contribution in [2.24, 2.45) is 0 Å². The number of nitrogens with one attached hydrogen (secondary N) is 1. The van der Waals surface area contributed by atoms with Crippen molar-refractivity contribution in [2.75, 3.05) is 39.9 Å². The molecule has 0 atom stereocenters. The van der Waals surface area contributed by atoms with Crippen molar-refractivity contribution >= 4 is 10.0 Å². The van der Waals surface area contributed by atoms with Gasteiger partial charge in [0, 0.05) is 20.2 Å². The molecule has 0 amide bonds. The lowest BCUT2D eigenvalue weighted by molar-refractivity contribution is 0.181. The van der Waals surface area contributed by atoms with E-state index in [1.807, 2.05) is 0 Å². The number of rotatable bonds is 7. The highest BCUT2D eigenvalue weighted by Crippen LogP contribution is 2.17. The number of hydrogen-bond donors (Lipinski definition) is 1. The Morgan fingerprint density at radius 1 is 1.47 bits per heavy atom. The zero-order valence-corrected chi connectivity index (χ0v) is 11.2. The van der Waals surface area contributed by atoms with E-state index in [1.54, 1.807) is 13.2 Å². The van der Waals surface area contributed by atoms with Crippen molar-refractivity contribution < 1.29 is 13.2 Å². The van der Waals surface area contributed by atoms with Gasteiger partial charge in [0.15, 0.2) is 0 Å². The van der Waals surface area contributed by atoms with Crippen LogP contribution in [-0.2, 0) is 14.8 Å². The first-order valence-electron chi connectivity index (χ1n) is 5.92. The molecule has 0 bridgehead atoms. The first-order chi connectivity index (χ1) is 8.12. The van der Waals surface area contributed by atoms with Gasteiger partial charge in [-0.2, -0.15) is 4.31 Å². The van der Waals surface area contributed by atoms with Gasteiger partial charge in [0.1, 0.15) is 0 Å². The Labute approximate surface area is 104 Å². The Balaban J connectivity index is 2.70. The number of methoxy groups -OCH3 is 1. The van der Waals surface area contributed by atoms with Crippen LogP contribution in [0, 0.1) is 0 Å². The molecule has 0 aromatic rings. The molecule has 0 spiro atoms. The van der Waals surface area contributed by atoms with Gasteiger partial charge in [-0.05, 0) is 25.9 Å². The van der Waals surface area contributed by atoms with E-state index in [1.165, 1.54) is 4.31 Å². The van der Waals surface area contributed by atoms with Crippen molar-refractivity contribution in [1.29, 1.82) is 0 Å². The molecule has 0 saturated carbocycles. The minimum atomic E-state index is -3.22. The molecule has 1 heterocycles. The van der Waals surface area contributed by atoms with Crippen LogP contribution in [0.2, 0.25) is 0 Å². The predicted molar refractivity (Wildman–Crippen MR) is 68.5 cm³/mol. The molecule has 0 aromatic carbocycles. The van der Waals surface area contributed by atoms with Crippen molar-refractivity contribution in [3.63, 3.8) is 0 Å². The molecule has 1 N–H and O–H groups in total. The zero-order chi connectivity index (χ0) is 12.7. The molecule has 0 aromatic heterocycles. The summed E-state index contributed by atoms with van der Waals surface area (Å²) >= 11 is 0. The first kappa shape index (κ1) is 14.6. The summed E-state index contributed by atoms with van der Waals surface area (Å²) in [5.41, 5.74) is 0. The molecule has 1 aliphatic heterocycles. The Bertz CT molecular complexity index is 324. The van der Waals surface area contributed by atoms with E-state index in [2.05, 4.69) is 11.9 Å². The number of hydrogen-bond acceptors (Lipinski definition) is 4. The molecule has 1 aliphatic rings. The van der Waals surface area contributed by atoms with Crippen molar-refractivity contribution in [3.8, 4) is 0 Å². The van der Waals surface area contributed by atoms with Crippen molar-refractivity contribution in [3.05, 3.63) is 12.7 Å². The topological polar surface area (TPSA) is 58.6 Å². The van der Waals surface area contributed by atoms with E-state index in [0.717, 1.165) is 13.1 Å². The summed E-state index contributed by atoms with van der Waals surface area (Å²) in [5.74, 6) is 0. The minimum Gasteiger partial charge on any atom is -0.383 e. The average Bonchev–Trinajstić information content (AvgIpc) is 2.35. The summed E-state index contributed by atoms with van der Waals surface area (Å²) in [6.45, 7) is 6.32. The van der Waals surface area contributed by atoms with E-state index >= 15 is 0 Å². The van der Waals surface area contributed by atoms with Crippen LogP contribution in [0.25, 0.3) is 0 Å². The van der Waals surface area contributed by atoms with Gasteiger partial charge in [0.2, 0.25) is 10.0 Å². The van der Waals surface area contributed by atoms with Gasteiger partial charge >= 0.3 is 0 Å². The van der Waals surface area contributed by atoms with E-state index in [9.17, 15) is 8.42 Å². The Morgan fingerprint density at radius 2 is 2.12 bits per heavy atom. The lowest BCUT2D eigenvalue weighted by atomic mass is 10.2. The second kappa shape index (κ2) is 7.10. The number of nitrogens with zero attached hydrogens (tertiary/aromatic N) is 1. The molecule has 1 rings (SSSR count). The Hall–Kier alpha value is -0.430. The van der Waals surface area contributed by atoms with Crippen LogP contribution in [0.5, 0.6) is 0 Å². The maximum atomic E-state index is 12.4. The van der Waals surface area contributed by atoms with Crippen LogP contribution in [0.1, 0.15) is 12.8 Å². The van der Waals surface area contributed by atoms with Crippen molar-refractivity contribution in [2.45, 2.75) is 18.1 Å². The minimum absolute atomic E-state index is 0.263. The highest BCUT2D eigenvalue weighted by atomic mass is 32.2. The lowest BCUT2D eigenvalue weighted by Gasteiger charge is -2.29. The van der Waals surface area contributed by atoms with Gasteiger partial charge in [-0.1, -0.05) is 6.08 Å². The summed E-state index contributed by atoms with van der Waals surface area (Å²) in [5, 5.41) is 2.91. The summed E-state index contributed by atoms with van der Waals surface area (Å²) in [4.78, 5) is 0. The van der Waals surface area contributed by atoms with Gasteiger partial charge in [-0.15, -0.1) is 6.58 Å². The quantitative estimate of drug-likeness (QED) is 0.666. The Kier molecular flexibility index (Phi) is 6.11. The second-order valence-corrected chi connectivity index (χ2v) is 6.35. The van der Waals surface area contributed by atoms with Gasteiger partial charge < -0.3 is 10.1 Å². The van der Waals surface area contributed by atoms with Crippen LogP contribution < -0.4 is 5.32 Å². The molecular formula is C11H22N2O3S. The SMILES string of the molecule is C=CCN(CCOC)S(=O)(=O)C1CCNCC1. The highest BCUT2D eigenvalue weighted by molar-refractivity contribution is 7.89. The number of sulfonamides is 1. The van der Waals surface area contributed by atoms with Crippen LogP contribution in [0.4, 0.5) is 0 Å². The Morgan fingerprint density at radius 3 is 2.65 bits per heavy atom. The van der Waals surface area contributed by atoms with E-state index in [4.69, 9.17) is 4.74 Å². The largest absolute Gasteiger partial charge is 0.383 e. The number of ether oxygens (including phenoxy) is 1. The lowest BCUT2D eigenvalue weighted by Crippen LogP contribution is -2.45. The van der Waals surface area contributed by atoms with Crippen LogP contribution in [0.3, 0.4) is 0 Å². The maximum Gasteiger partial charge on any atom is 0.217 e. The van der Waals surface area contributed by atoms with Gasteiger partial charge in [-0.25, -0.2) is 8.42 Å². The molecule has 5 nitrogen and oxygen atoms in total. The average molecular weight is 262 g/mol. The van der Waals surface area contributed by atoms with Crippen molar-refractivity contribution in [1.82, 2.24) is 9.62 Å². The van der Waals surface area contributed by atoms with Crippen LogP contribution in [-0.4, -0.2) is 57.9 Å². The second-order valence-electron chi connectivity index (χ2n) is 4.13. The molecule has 6 heteroatoms. The van der Waals surface area contributed by atoms with Gasteiger partial charge in [0.05, 0.1) is 11.9 Å². The molecular weight excluding hydrogens is 240 g/mol. The standard InChI is InChI=1S/C11H22N2O3S/c1-3-8-13(9-10-16-2)17(14,15)11-4-6-12-7-5-11/h3,11-12H,1,4-10H2,2H3. The fraction of sp³-hybridized carbons (Fsp3) is 0.818. The molecule has 1 fully saturated rings. The fourth-order valence-corrected chi connectivity index (χ4v) is 3.86. The van der Waals surface area contributed by atoms with Gasteiger partial charge in [-0.3, -0.25) is 0 Å². The predicted octanol–water partition coefficient (Wildman–Crippen LogP) is 0.203. The molecule has 17 heavy (non-hydrogen) atoms. The third-order valence-corrected chi connectivity index (χ3v) is 5.31. The van der Waals surface area contributed by atoms with Crippen LogP contribution >= 0.6 is 0 Å². The molecule has 1 saturated heterocycles. The summed E-state index contributed by atoms with van der Waals surface area (Å²) in [6.07, 6.45) is 2.99. The normalized spacial score (nSPS) is 18.5. The third-order valence-electron chi connectivity index (χ3n) is 2.94. The third kappa shape index (κ3) is 4.06. The molecule has 0 radical (unpaired) electrons. The van der Waals surface area contributed by atoms with E-state index < -0.39 is 10.0 Å². The first-order valence-corrected chi connectivity index (χ1v) is 7.42. The smallest absolute Gasteiger partial charge is 0.217 e. The van der Waals surface area contributed by atoms with E-state index in [-0.39, 0.29) is 5.25 Å². The molecule has 100 valence electrons. The highest BCUT2D eigenvalue weighted by Gasteiger charge is 2.31. The number of piperidine rings is 1. The monoisotopic (exact) mass is 262 g/mol. The fourth-order valence-electron chi connectivity index (χ4n) is 1.96. The summed E-state index contributed by atoms with van der Waals surface area (Å²) < 4.78 is 31.2. The molecule has 0 unspecified atom stereocenters. The zero-order valence-electron chi connectivity index (χ0n) is 10.4. The summed E-state index contributed by atoms with van der Waals surface area (Å²) in [6, 6.07) is 0. The summed E-state index contributed by atoms with van der Waals surface area (Å²) in [7, 11) is -1.64. The van der Waals surface area contributed by atoms with E-state index in [0.29, 0.717) is 32.5 Å². The maximum absolute atomic E-state index is 12.4. The van der Waals surface area contributed by atoms with Gasteiger partial charge in [0.25, 0.3) is 0 Å².